The van der Waals surface area contributed by atoms with E-state index in [1.54, 1.807) is 0 Å². The molecular formula is C20H29N3O2. The van der Waals surface area contributed by atoms with Crippen molar-refractivity contribution in [3.63, 3.8) is 0 Å². The highest BCUT2D eigenvalue weighted by Gasteiger charge is 2.41. The Morgan fingerprint density at radius 1 is 1.24 bits per heavy atom. The van der Waals surface area contributed by atoms with Gasteiger partial charge in [0.05, 0.1) is 24.9 Å². The van der Waals surface area contributed by atoms with Gasteiger partial charge in [-0.15, -0.1) is 0 Å². The fraction of sp³-hybridized carbons (Fsp3) is 0.550. The van der Waals surface area contributed by atoms with Crippen molar-refractivity contribution in [3.8, 4) is 0 Å². The third kappa shape index (κ3) is 3.50. The molecule has 0 radical (unpaired) electrons. The molecule has 3 atom stereocenters. The topological polar surface area (TPSA) is 61.5 Å². The summed E-state index contributed by atoms with van der Waals surface area (Å²) in [6.07, 6.45) is 2.42. The van der Waals surface area contributed by atoms with Crippen molar-refractivity contribution in [1.82, 2.24) is 14.7 Å². The lowest BCUT2D eigenvalue weighted by atomic mass is 9.90. The molecule has 1 fully saturated rings. The van der Waals surface area contributed by atoms with Crippen molar-refractivity contribution in [2.24, 2.45) is 0 Å². The molecule has 0 amide bonds. The average molecular weight is 343 g/mol. The van der Waals surface area contributed by atoms with Crippen LogP contribution in [0.1, 0.15) is 41.6 Å². The second-order valence-electron chi connectivity index (χ2n) is 7.11. The standard InChI is InChI=1S/C20H29N3O2/c1-4-9-23-15(3)16(10-21-23)11-22-12-18(20(25)19(22)13-24)17-8-6-5-7-14(17)2/h5-8,10,18-20,24-25H,4,9,11-13H2,1-3H3/t18-,19-,20-/m1/s1. The zero-order chi connectivity index (χ0) is 18.0. The second kappa shape index (κ2) is 7.68. The predicted octanol–water partition coefficient (Wildman–Crippen LogP) is 2.23. The number of likely N-dealkylation sites (tertiary alicyclic amines) is 1. The number of benzene rings is 1. The van der Waals surface area contributed by atoms with Gasteiger partial charge in [0, 0.05) is 36.8 Å². The van der Waals surface area contributed by atoms with Crippen LogP contribution in [0.2, 0.25) is 0 Å². The SMILES string of the molecule is CCCn1ncc(CN2C[C@H](c3ccccc3C)[C@@H](O)[C@H]2CO)c1C. The van der Waals surface area contributed by atoms with Gasteiger partial charge in [-0.2, -0.15) is 5.10 Å². The van der Waals surface area contributed by atoms with Crippen LogP contribution in [-0.4, -0.2) is 50.2 Å². The Morgan fingerprint density at radius 2 is 2.00 bits per heavy atom. The summed E-state index contributed by atoms with van der Waals surface area (Å²) in [6.45, 7) is 8.66. The van der Waals surface area contributed by atoms with Gasteiger partial charge in [-0.1, -0.05) is 31.2 Å². The third-order valence-electron chi connectivity index (χ3n) is 5.50. The molecule has 0 spiro atoms. The predicted molar refractivity (Wildman–Crippen MR) is 98.5 cm³/mol. The van der Waals surface area contributed by atoms with Crippen LogP contribution in [0, 0.1) is 13.8 Å². The van der Waals surface area contributed by atoms with Gasteiger partial charge >= 0.3 is 0 Å². The maximum absolute atomic E-state index is 10.8. The minimum absolute atomic E-state index is 0.0318. The minimum atomic E-state index is -0.558. The highest BCUT2D eigenvalue weighted by molar-refractivity contribution is 5.32. The minimum Gasteiger partial charge on any atom is -0.395 e. The van der Waals surface area contributed by atoms with Crippen LogP contribution >= 0.6 is 0 Å². The largest absolute Gasteiger partial charge is 0.395 e. The summed E-state index contributed by atoms with van der Waals surface area (Å²) < 4.78 is 2.04. The van der Waals surface area contributed by atoms with Crippen LogP contribution in [0.15, 0.2) is 30.5 Å². The van der Waals surface area contributed by atoms with Crippen LogP contribution in [0.4, 0.5) is 0 Å². The molecule has 136 valence electrons. The summed E-state index contributed by atoms with van der Waals surface area (Å²) in [5, 5.41) is 25.1. The smallest absolute Gasteiger partial charge is 0.0798 e. The summed E-state index contributed by atoms with van der Waals surface area (Å²) in [4.78, 5) is 2.20. The number of hydrogen-bond acceptors (Lipinski definition) is 4. The van der Waals surface area contributed by atoms with Crippen molar-refractivity contribution < 1.29 is 10.2 Å². The van der Waals surface area contributed by atoms with Crippen molar-refractivity contribution in [1.29, 1.82) is 0 Å². The average Bonchev–Trinajstić information content (AvgIpc) is 3.10. The highest BCUT2D eigenvalue weighted by Crippen LogP contribution is 2.34. The maximum atomic E-state index is 10.8. The molecular weight excluding hydrogens is 314 g/mol. The Morgan fingerprint density at radius 3 is 2.68 bits per heavy atom. The van der Waals surface area contributed by atoms with Gasteiger partial charge in [0.25, 0.3) is 0 Å². The molecule has 5 heteroatoms. The molecule has 2 heterocycles. The van der Waals surface area contributed by atoms with Crippen LogP contribution in [-0.2, 0) is 13.1 Å². The van der Waals surface area contributed by atoms with E-state index in [-0.39, 0.29) is 18.6 Å². The third-order valence-corrected chi connectivity index (χ3v) is 5.50. The normalized spacial score (nSPS) is 24.1. The Hall–Kier alpha value is -1.69. The van der Waals surface area contributed by atoms with E-state index >= 15 is 0 Å². The van der Waals surface area contributed by atoms with Gasteiger partial charge in [0.15, 0.2) is 0 Å². The fourth-order valence-corrected chi connectivity index (χ4v) is 3.97. The summed E-state index contributed by atoms with van der Waals surface area (Å²) >= 11 is 0. The lowest BCUT2D eigenvalue weighted by Crippen LogP contribution is -2.38. The van der Waals surface area contributed by atoms with Gasteiger partial charge in [-0.3, -0.25) is 9.58 Å². The van der Waals surface area contributed by atoms with Crippen molar-refractivity contribution in [2.75, 3.05) is 13.2 Å². The summed E-state index contributed by atoms with van der Waals surface area (Å²) in [5.41, 5.74) is 4.71. The van der Waals surface area contributed by atoms with Crippen molar-refractivity contribution >= 4 is 0 Å². The van der Waals surface area contributed by atoms with Gasteiger partial charge in [0.1, 0.15) is 0 Å². The van der Waals surface area contributed by atoms with Crippen molar-refractivity contribution in [3.05, 3.63) is 52.8 Å². The fourth-order valence-electron chi connectivity index (χ4n) is 3.97. The van der Waals surface area contributed by atoms with E-state index < -0.39 is 6.10 Å². The number of hydrogen-bond donors (Lipinski definition) is 2. The number of nitrogens with zero attached hydrogens (tertiary/aromatic N) is 3. The molecule has 1 saturated heterocycles. The van der Waals surface area contributed by atoms with E-state index in [0.29, 0.717) is 6.54 Å². The first-order valence-electron chi connectivity index (χ1n) is 9.16. The van der Waals surface area contributed by atoms with E-state index in [2.05, 4.69) is 42.9 Å². The first kappa shape index (κ1) is 18.1. The van der Waals surface area contributed by atoms with Crippen LogP contribution < -0.4 is 0 Å². The Kier molecular flexibility index (Phi) is 5.57. The highest BCUT2D eigenvalue weighted by atomic mass is 16.3. The lowest BCUT2D eigenvalue weighted by Gasteiger charge is -2.24. The van der Waals surface area contributed by atoms with E-state index in [9.17, 15) is 10.2 Å². The lowest BCUT2D eigenvalue weighted by molar-refractivity contribution is 0.0639. The van der Waals surface area contributed by atoms with E-state index in [4.69, 9.17) is 0 Å². The van der Waals surface area contributed by atoms with Crippen molar-refractivity contribution in [2.45, 2.75) is 58.3 Å². The molecule has 1 aliphatic rings. The molecule has 2 aromatic rings. The van der Waals surface area contributed by atoms with Gasteiger partial charge in [0.2, 0.25) is 0 Å². The zero-order valence-electron chi connectivity index (χ0n) is 15.4. The molecule has 0 saturated carbocycles. The summed E-state index contributed by atoms with van der Waals surface area (Å²) in [7, 11) is 0. The zero-order valence-corrected chi connectivity index (χ0v) is 15.4. The van der Waals surface area contributed by atoms with Gasteiger partial charge in [-0.05, 0) is 31.4 Å². The summed E-state index contributed by atoms with van der Waals surface area (Å²) in [6, 6.07) is 7.97. The number of rotatable bonds is 6. The quantitative estimate of drug-likeness (QED) is 0.844. The molecule has 5 nitrogen and oxygen atoms in total. The number of aryl methyl sites for hydroxylation is 2. The Labute approximate surface area is 149 Å². The van der Waals surface area contributed by atoms with Crippen LogP contribution in [0.5, 0.6) is 0 Å². The molecule has 0 bridgehead atoms. The molecule has 25 heavy (non-hydrogen) atoms. The molecule has 1 aliphatic heterocycles. The first-order valence-corrected chi connectivity index (χ1v) is 9.16. The Bertz CT molecular complexity index is 713. The monoisotopic (exact) mass is 343 g/mol. The first-order chi connectivity index (χ1) is 12.1. The maximum Gasteiger partial charge on any atom is 0.0798 e. The van der Waals surface area contributed by atoms with E-state index in [1.807, 2.05) is 23.0 Å². The molecule has 0 aliphatic carbocycles. The molecule has 2 N–H and O–H groups in total. The summed E-state index contributed by atoms with van der Waals surface area (Å²) in [5.74, 6) is 0.0318. The van der Waals surface area contributed by atoms with E-state index in [0.717, 1.165) is 19.5 Å². The Balaban J connectivity index is 1.81. The number of aromatic nitrogens is 2. The number of aliphatic hydroxyl groups excluding tert-OH is 2. The van der Waals surface area contributed by atoms with Crippen LogP contribution in [0.3, 0.4) is 0 Å². The van der Waals surface area contributed by atoms with E-state index in [1.165, 1.54) is 22.4 Å². The second-order valence-corrected chi connectivity index (χ2v) is 7.11. The van der Waals surface area contributed by atoms with Gasteiger partial charge < -0.3 is 10.2 Å². The van der Waals surface area contributed by atoms with Gasteiger partial charge in [-0.25, -0.2) is 0 Å². The van der Waals surface area contributed by atoms with Crippen LogP contribution in [0.25, 0.3) is 0 Å². The molecule has 0 unspecified atom stereocenters. The molecule has 1 aromatic carbocycles. The number of aliphatic hydroxyl groups is 2. The molecule has 3 rings (SSSR count). The molecule has 1 aromatic heterocycles.